The van der Waals surface area contributed by atoms with Crippen molar-refractivity contribution < 1.29 is 19.1 Å². The standard InChI is InChI=1S/C20H23NO4/c1-3-11-24-19(23)16-15-9-10-20(25-15)12-21(18(22)17(16)20)13(2)14-7-5-4-6-8-14/h4-10,13,15-17H,3,11-12H2,1-2H3/t13-,15-,16-,17+,20-/m1/s1. The first-order valence-corrected chi connectivity index (χ1v) is 8.96. The van der Waals surface area contributed by atoms with Gasteiger partial charge in [0.05, 0.1) is 31.2 Å². The van der Waals surface area contributed by atoms with E-state index in [0.29, 0.717) is 13.2 Å². The van der Waals surface area contributed by atoms with Crippen LogP contribution in [0.1, 0.15) is 31.9 Å². The van der Waals surface area contributed by atoms with Gasteiger partial charge in [0.25, 0.3) is 0 Å². The Bertz CT molecular complexity index is 716. The highest BCUT2D eigenvalue weighted by molar-refractivity contribution is 5.91. The first-order chi connectivity index (χ1) is 12.1. The Hall–Kier alpha value is -2.14. The van der Waals surface area contributed by atoms with Gasteiger partial charge in [0.1, 0.15) is 11.5 Å². The Kier molecular flexibility index (Phi) is 3.91. The molecule has 1 aromatic carbocycles. The van der Waals surface area contributed by atoms with E-state index in [9.17, 15) is 9.59 Å². The number of amides is 1. The SMILES string of the molecule is CCCOC(=O)[C@H]1[C@H]2C(=O)N([C@H](C)c3ccccc3)C[C@]23C=C[C@H]1O3. The van der Waals surface area contributed by atoms with Crippen LogP contribution < -0.4 is 0 Å². The molecule has 2 fully saturated rings. The summed E-state index contributed by atoms with van der Waals surface area (Å²) in [5, 5.41) is 0. The molecular formula is C20H23NO4. The molecule has 5 nitrogen and oxygen atoms in total. The maximum atomic E-state index is 13.2. The van der Waals surface area contributed by atoms with Gasteiger partial charge in [0.15, 0.2) is 0 Å². The topological polar surface area (TPSA) is 55.8 Å². The maximum absolute atomic E-state index is 13.2. The normalized spacial score (nSPS) is 33.6. The average molecular weight is 341 g/mol. The summed E-state index contributed by atoms with van der Waals surface area (Å²) in [4.78, 5) is 27.5. The molecule has 3 heterocycles. The quantitative estimate of drug-likeness (QED) is 0.610. The summed E-state index contributed by atoms with van der Waals surface area (Å²) in [5.74, 6) is -1.33. The van der Waals surface area contributed by atoms with Crippen LogP contribution in [-0.4, -0.2) is 41.6 Å². The molecule has 2 bridgehead atoms. The van der Waals surface area contributed by atoms with Crippen molar-refractivity contribution in [1.82, 2.24) is 4.90 Å². The van der Waals surface area contributed by atoms with Crippen LogP contribution in [0.4, 0.5) is 0 Å². The zero-order chi connectivity index (χ0) is 17.6. The maximum Gasteiger partial charge on any atom is 0.312 e. The van der Waals surface area contributed by atoms with Gasteiger partial charge in [0.2, 0.25) is 5.91 Å². The second kappa shape index (κ2) is 5.99. The largest absolute Gasteiger partial charge is 0.465 e. The van der Waals surface area contributed by atoms with Gasteiger partial charge in [-0.25, -0.2) is 0 Å². The summed E-state index contributed by atoms with van der Waals surface area (Å²) >= 11 is 0. The van der Waals surface area contributed by atoms with Gasteiger partial charge in [0, 0.05) is 0 Å². The zero-order valence-electron chi connectivity index (χ0n) is 14.6. The minimum absolute atomic E-state index is 0.0124. The molecule has 5 atom stereocenters. The first-order valence-electron chi connectivity index (χ1n) is 8.96. The lowest BCUT2D eigenvalue weighted by Crippen LogP contribution is -2.40. The average Bonchev–Trinajstić information content (AvgIpc) is 3.28. The third-order valence-electron chi connectivity index (χ3n) is 5.60. The Balaban J connectivity index is 1.60. The number of benzene rings is 1. The third-order valence-corrected chi connectivity index (χ3v) is 5.60. The van der Waals surface area contributed by atoms with Crippen LogP contribution >= 0.6 is 0 Å². The molecule has 0 unspecified atom stereocenters. The zero-order valence-corrected chi connectivity index (χ0v) is 14.6. The predicted octanol–water partition coefficient (Wildman–Crippen LogP) is 2.48. The van der Waals surface area contributed by atoms with Crippen LogP contribution in [0, 0.1) is 11.8 Å². The Morgan fingerprint density at radius 1 is 1.40 bits per heavy atom. The number of rotatable bonds is 5. The summed E-state index contributed by atoms with van der Waals surface area (Å²) in [7, 11) is 0. The second-order valence-corrected chi connectivity index (χ2v) is 7.12. The van der Waals surface area contributed by atoms with Crippen LogP contribution in [0.25, 0.3) is 0 Å². The van der Waals surface area contributed by atoms with Crippen molar-refractivity contribution in [2.45, 2.75) is 38.0 Å². The fourth-order valence-corrected chi connectivity index (χ4v) is 4.34. The molecule has 3 aliphatic heterocycles. The monoisotopic (exact) mass is 341 g/mol. The molecule has 3 aliphatic rings. The highest BCUT2D eigenvalue weighted by Gasteiger charge is 2.67. The lowest BCUT2D eigenvalue weighted by molar-refractivity contribution is -0.154. The number of likely N-dealkylation sites (tertiary alicyclic amines) is 1. The fourth-order valence-electron chi connectivity index (χ4n) is 4.34. The molecule has 0 aliphatic carbocycles. The lowest BCUT2D eigenvalue weighted by Gasteiger charge is -2.27. The molecule has 1 spiro atoms. The molecule has 0 radical (unpaired) electrons. The van der Waals surface area contributed by atoms with Gasteiger partial charge >= 0.3 is 5.97 Å². The minimum atomic E-state index is -0.680. The number of carbonyl (C=O) groups is 2. The summed E-state index contributed by atoms with van der Waals surface area (Å²) < 4.78 is 11.4. The lowest BCUT2D eigenvalue weighted by atomic mass is 9.77. The minimum Gasteiger partial charge on any atom is -0.465 e. The molecule has 132 valence electrons. The van der Waals surface area contributed by atoms with E-state index < -0.39 is 17.4 Å². The molecule has 4 rings (SSSR count). The van der Waals surface area contributed by atoms with Crippen LogP contribution in [0.2, 0.25) is 0 Å². The summed E-state index contributed by atoms with van der Waals surface area (Å²) in [6.07, 6.45) is 4.31. The van der Waals surface area contributed by atoms with Crippen molar-refractivity contribution in [1.29, 1.82) is 0 Å². The Morgan fingerprint density at radius 3 is 2.88 bits per heavy atom. The number of fused-ring (bicyclic) bond motifs is 1. The van der Waals surface area contributed by atoms with Crippen LogP contribution in [0.3, 0.4) is 0 Å². The van der Waals surface area contributed by atoms with Gasteiger partial charge < -0.3 is 14.4 Å². The molecule has 0 aromatic heterocycles. The number of ether oxygens (including phenoxy) is 2. The molecule has 1 amide bonds. The number of carbonyl (C=O) groups excluding carboxylic acids is 2. The second-order valence-electron chi connectivity index (χ2n) is 7.12. The number of esters is 1. The molecule has 5 heteroatoms. The van der Waals surface area contributed by atoms with Gasteiger partial charge in [-0.2, -0.15) is 0 Å². The van der Waals surface area contributed by atoms with Crippen LogP contribution in [0.5, 0.6) is 0 Å². The van der Waals surface area contributed by atoms with Crippen LogP contribution in [0.15, 0.2) is 42.5 Å². The highest BCUT2D eigenvalue weighted by atomic mass is 16.6. The third kappa shape index (κ3) is 2.41. The number of nitrogens with zero attached hydrogens (tertiary/aromatic N) is 1. The summed E-state index contributed by atoms with van der Waals surface area (Å²) in [6, 6.07) is 9.88. The van der Waals surface area contributed by atoms with Crippen molar-refractivity contribution in [3.63, 3.8) is 0 Å². The Morgan fingerprint density at radius 2 is 2.16 bits per heavy atom. The molecule has 1 aromatic rings. The van der Waals surface area contributed by atoms with Crippen molar-refractivity contribution in [3.05, 3.63) is 48.0 Å². The van der Waals surface area contributed by atoms with E-state index in [-0.39, 0.29) is 24.0 Å². The van der Waals surface area contributed by atoms with E-state index in [2.05, 4.69) is 0 Å². The number of hydrogen-bond donors (Lipinski definition) is 0. The fraction of sp³-hybridized carbons (Fsp3) is 0.500. The smallest absolute Gasteiger partial charge is 0.312 e. The van der Waals surface area contributed by atoms with E-state index in [1.807, 2.05) is 61.2 Å². The molecule has 2 saturated heterocycles. The van der Waals surface area contributed by atoms with Gasteiger partial charge in [-0.3, -0.25) is 9.59 Å². The van der Waals surface area contributed by atoms with Gasteiger partial charge in [-0.15, -0.1) is 0 Å². The van der Waals surface area contributed by atoms with E-state index >= 15 is 0 Å². The van der Waals surface area contributed by atoms with Crippen molar-refractivity contribution in [2.24, 2.45) is 11.8 Å². The van der Waals surface area contributed by atoms with Gasteiger partial charge in [-0.05, 0) is 18.9 Å². The van der Waals surface area contributed by atoms with E-state index in [4.69, 9.17) is 9.47 Å². The molecule has 0 saturated carbocycles. The molecular weight excluding hydrogens is 318 g/mol. The van der Waals surface area contributed by atoms with E-state index in [0.717, 1.165) is 12.0 Å². The van der Waals surface area contributed by atoms with Crippen molar-refractivity contribution in [2.75, 3.05) is 13.2 Å². The highest BCUT2D eigenvalue weighted by Crippen LogP contribution is 2.53. The van der Waals surface area contributed by atoms with E-state index in [1.54, 1.807) is 0 Å². The molecule has 25 heavy (non-hydrogen) atoms. The van der Waals surface area contributed by atoms with Gasteiger partial charge in [-0.1, -0.05) is 49.4 Å². The van der Waals surface area contributed by atoms with Crippen molar-refractivity contribution in [3.8, 4) is 0 Å². The summed E-state index contributed by atoms with van der Waals surface area (Å²) in [6.45, 7) is 4.84. The summed E-state index contributed by atoms with van der Waals surface area (Å²) in [5.41, 5.74) is 0.400. The number of hydrogen-bond acceptors (Lipinski definition) is 4. The van der Waals surface area contributed by atoms with Crippen LogP contribution in [-0.2, 0) is 19.1 Å². The van der Waals surface area contributed by atoms with Crippen molar-refractivity contribution >= 4 is 11.9 Å². The molecule has 0 N–H and O–H groups in total. The Labute approximate surface area is 147 Å². The first kappa shape index (κ1) is 16.3. The van der Waals surface area contributed by atoms with E-state index in [1.165, 1.54) is 0 Å². The predicted molar refractivity (Wildman–Crippen MR) is 91.5 cm³/mol.